The van der Waals surface area contributed by atoms with E-state index in [1.54, 1.807) is 0 Å². The second-order valence-corrected chi connectivity index (χ2v) is 4.66. The number of carbonyl (C=O) groups excluding carboxylic acids is 2. The maximum absolute atomic E-state index is 11.5. The zero-order chi connectivity index (χ0) is 14.5. The van der Waals surface area contributed by atoms with E-state index in [-0.39, 0.29) is 13.1 Å². The average molecular weight is 296 g/mol. The van der Waals surface area contributed by atoms with Crippen LogP contribution in [-0.4, -0.2) is 49.8 Å². The van der Waals surface area contributed by atoms with Crippen molar-refractivity contribution in [3.05, 3.63) is 16.8 Å². The molecule has 4 N–H and O–H groups in total. The Morgan fingerprint density at radius 3 is 3.00 bits per heavy atom. The van der Waals surface area contributed by atoms with Crippen molar-refractivity contribution in [2.75, 3.05) is 6.54 Å². The van der Waals surface area contributed by atoms with Crippen molar-refractivity contribution >= 4 is 23.2 Å². The molecule has 0 saturated heterocycles. The van der Waals surface area contributed by atoms with Crippen molar-refractivity contribution in [2.45, 2.75) is 12.6 Å². The van der Waals surface area contributed by atoms with E-state index in [4.69, 9.17) is 10.8 Å². The largest absolute Gasteiger partial charge is 0.381 e. The zero-order valence-corrected chi connectivity index (χ0v) is 11.1. The monoisotopic (exact) mass is 296 g/mol. The van der Waals surface area contributed by atoms with Gasteiger partial charge in [0.1, 0.15) is 12.6 Å². The lowest BCUT2D eigenvalue weighted by molar-refractivity contribution is -0.127. The first-order chi connectivity index (χ1) is 9.56. The lowest BCUT2D eigenvalue weighted by Crippen LogP contribution is -2.41. The summed E-state index contributed by atoms with van der Waals surface area (Å²) in [4.78, 5) is 23.2. The molecule has 0 spiro atoms. The fourth-order valence-electron chi connectivity index (χ4n) is 1.31. The molecule has 20 heavy (non-hydrogen) atoms. The Hall–Kier alpha value is -2.33. The van der Waals surface area contributed by atoms with Gasteiger partial charge in [0.15, 0.2) is 0 Å². The fraction of sp³-hybridized carbons (Fsp3) is 0.300. The van der Waals surface area contributed by atoms with E-state index in [2.05, 4.69) is 20.7 Å². The van der Waals surface area contributed by atoms with Crippen LogP contribution in [0, 0.1) is 0 Å². The lowest BCUT2D eigenvalue weighted by atomic mass is 10.3. The van der Waals surface area contributed by atoms with Crippen LogP contribution in [0.3, 0.4) is 0 Å². The third-order valence-corrected chi connectivity index (χ3v) is 3.02. The number of carbonyl (C=O) groups is 2. The number of thiophene rings is 1. The van der Waals surface area contributed by atoms with Gasteiger partial charge in [0.2, 0.25) is 17.6 Å². The van der Waals surface area contributed by atoms with Gasteiger partial charge in [0.05, 0.1) is 6.54 Å². The number of hydrogen-bond donors (Lipinski definition) is 3. The third-order valence-electron chi connectivity index (χ3n) is 2.34. The number of aliphatic hydroxyl groups excluding tert-OH is 1. The number of aliphatic hydroxyl groups is 1. The topological polar surface area (TPSA) is 136 Å². The van der Waals surface area contributed by atoms with Crippen molar-refractivity contribution in [1.82, 2.24) is 25.5 Å². The Bertz CT molecular complexity index is 596. The van der Waals surface area contributed by atoms with Gasteiger partial charge in [-0.05, 0) is 16.7 Å². The summed E-state index contributed by atoms with van der Waals surface area (Å²) in [6, 6.07) is 1.84. The summed E-state index contributed by atoms with van der Waals surface area (Å²) in [5.74, 6) is -0.931. The van der Waals surface area contributed by atoms with Crippen LogP contribution in [0.1, 0.15) is 0 Å². The first kappa shape index (κ1) is 14.1. The highest BCUT2D eigenvalue weighted by atomic mass is 32.1. The van der Waals surface area contributed by atoms with Crippen LogP contribution in [0.15, 0.2) is 16.8 Å². The van der Waals surface area contributed by atoms with Gasteiger partial charge in [-0.15, -0.1) is 10.2 Å². The Morgan fingerprint density at radius 1 is 1.55 bits per heavy atom. The van der Waals surface area contributed by atoms with E-state index >= 15 is 0 Å². The van der Waals surface area contributed by atoms with Crippen molar-refractivity contribution in [2.24, 2.45) is 5.73 Å². The van der Waals surface area contributed by atoms with Gasteiger partial charge in [-0.3, -0.25) is 9.59 Å². The average Bonchev–Trinajstić information content (AvgIpc) is 3.05. The first-order valence-corrected chi connectivity index (χ1v) is 6.55. The third kappa shape index (κ3) is 3.59. The van der Waals surface area contributed by atoms with Crippen LogP contribution in [0.4, 0.5) is 0 Å². The molecule has 0 radical (unpaired) electrons. The Labute approximate surface area is 117 Å². The molecule has 1 unspecified atom stereocenters. The van der Waals surface area contributed by atoms with Crippen molar-refractivity contribution < 1.29 is 14.7 Å². The Kier molecular flexibility index (Phi) is 4.38. The second kappa shape index (κ2) is 6.21. The molecule has 9 nitrogen and oxygen atoms in total. The lowest BCUT2D eigenvalue weighted by Gasteiger charge is -2.07. The molecule has 0 aliphatic rings. The number of nitrogens with one attached hydrogen (secondary N) is 1. The van der Waals surface area contributed by atoms with Crippen LogP contribution >= 0.6 is 11.3 Å². The number of rotatable bonds is 6. The Balaban J connectivity index is 1.87. The molecule has 0 aliphatic heterocycles. The van der Waals surface area contributed by atoms with Crippen LogP contribution in [0.2, 0.25) is 0 Å². The normalized spacial score (nSPS) is 12.1. The van der Waals surface area contributed by atoms with Gasteiger partial charge >= 0.3 is 0 Å². The maximum atomic E-state index is 11.5. The summed E-state index contributed by atoms with van der Waals surface area (Å²) in [7, 11) is 0. The molecule has 0 bridgehead atoms. The maximum Gasteiger partial charge on any atom is 0.248 e. The molecule has 0 aromatic carbocycles. The number of tetrazole rings is 1. The summed E-state index contributed by atoms with van der Waals surface area (Å²) in [6.45, 7) is -0.414. The second-order valence-electron chi connectivity index (χ2n) is 3.88. The quantitative estimate of drug-likeness (QED) is 0.585. The predicted octanol–water partition coefficient (Wildman–Crippen LogP) is -1.64. The van der Waals surface area contributed by atoms with Gasteiger partial charge in [-0.25, -0.2) is 0 Å². The highest BCUT2D eigenvalue weighted by Gasteiger charge is 2.13. The van der Waals surface area contributed by atoms with Gasteiger partial charge in [0.25, 0.3) is 0 Å². The first-order valence-electron chi connectivity index (χ1n) is 5.60. The van der Waals surface area contributed by atoms with Gasteiger partial charge in [-0.1, -0.05) is 0 Å². The number of amides is 2. The smallest absolute Gasteiger partial charge is 0.248 e. The fourth-order valence-corrected chi connectivity index (χ4v) is 1.95. The summed E-state index contributed by atoms with van der Waals surface area (Å²) in [6.07, 6.45) is -1.41. The minimum atomic E-state index is -1.41. The van der Waals surface area contributed by atoms with Crippen LogP contribution in [0.5, 0.6) is 0 Å². The molecule has 2 rings (SSSR count). The van der Waals surface area contributed by atoms with Gasteiger partial charge in [0, 0.05) is 10.9 Å². The van der Waals surface area contributed by atoms with Gasteiger partial charge < -0.3 is 16.2 Å². The molecule has 0 aliphatic carbocycles. The highest BCUT2D eigenvalue weighted by molar-refractivity contribution is 7.08. The van der Waals surface area contributed by atoms with Crippen molar-refractivity contribution in [1.29, 1.82) is 0 Å². The van der Waals surface area contributed by atoms with Crippen molar-refractivity contribution in [3.8, 4) is 11.4 Å². The van der Waals surface area contributed by atoms with Crippen LogP contribution in [-0.2, 0) is 16.1 Å². The SMILES string of the molecule is NC(=O)C(O)CNC(=O)Cn1nnc(-c2ccsc2)n1. The number of nitrogens with zero attached hydrogens (tertiary/aromatic N) is 4. The van der Waals surface area contributed by atoms with Gasteiger partial charge in [-0.2, -0.15) is 16.1 Å². The zero-order valence-electron chi connectivity index (χ0n) is 10.3. The molecule has 2 heterocycles. The summed E-state index contributed by atoms with van der Waals surface area (Å²) < 4.78 is 0. The van der Waals surface area contributed by atoms with E-state index in [0.29, 0.717) is 5.82 Å². The number of nitrogens with two attached hydrogens (primary N) is 1. The highest BCUT2D eigenvalue weighted by Crippen LogP contribution is 2.16. The molecule has 1 atom stereocenters. The van der Waals surface area contributed by atoms with E-state index in [0.717, 1.165) is 10.4 Å². The number of primary amides is 1. The molecule has 2 aromatic rings. The standard InChI is InChI=1S/C10H12N6O3S/c11-9(19)7(17)3-12-8(18)4-16-14-10(13-15-16)6-1-2-20-5-6/h1-2,5,7,17H,3-4H2,(H2,11,19)(H,12,18). The molecular weight excluding hydrogens is 284 g/mol. The van der Waals surface area contributed by atoms with E-state index in [1.807, 2.05) is 16.8 Å². The minimum absolute atomic E-state index is 0.164. The summed E-state index contributed by atoms with van der Waals surface area (Å²) in [5.41, 5.74) is 5.68. The van der Waals surface area contributed by atoms with E-state index in [9.17, 15) is 9.59 Å². The molecule has 10 heteroatoms. The summed E-state index contributed by atoms with van der Waals surface area (Å²) >= 11 is 1.50. The molecule has 0 saturated carbocycles. The molecular formula is C10H12N6O3S. The molecule has 2 aromatic heterocycles. The minimum Gasteiger partial charge on any atom is -0.381 e. The van der Waals surface area contributed by atoms with Crippen LogP contribution in [0.25, 0.3) is 11.4 Å². The van der Waals surface area contributed by atoms with E-state index < -0.39 is 17.9 Å². The summed E-state index contributed by atoms with van der Waals surface area (Å²) in [5, 5.41) is 26.8. The van der Waals surface area contributed by atoms with Crippen LogP contribution < -0.4 is 11.1 Å². The van der Waals surface area contributed by atoms with Crippen molar-refractivity contribution in [3.63, 3.8) is 0 Å². The molecule has 0 fully saturated rings. The number of hydrogen-bond acceptors (Lipinski definition) is 7. The number of aromatic nitrogens is 4. The Morgan fingerprint density at radius 2 is 2.35 bits per heavy atom. The van der Waals surface area contributed by atoms with E-state index in [1.165, 1.54) is 11.3 Å². The molecule has 106 valence electrons. The molecule has 2 amide bonds. The predicted molar refractivity (Wildman–Crippen MR) is 69.3 cm³/mol.